The van der Waals surface area contributed by atoms with Crippen LogP contribution in [0.15, 0.2) is 107 Å². The SMILES string of the molecule is O=[N+]([O-])c1ccc(S(=O)(=O)Oc2ccc(Oc3ccc(OS(=O)(=O)c4ccc([N+](=O)[O-])cc4)cc3)cc2)cc1. The summed E-state index contributed by atoms with van der Waals surface area (Å²) in [6.07, 6.45) is 0. The fourth-order valence-corrected chi connectivity index (χ4v) is 4.94. The van der Waals surface area contributed by atoms with Crippen LogP contribution < -0.4 is 13.1 Å². The van der Waals surface area contributed by atoms with Gasteiger partial charge in [-0.05, 0) is 72.8 Å². The molecule has 4 rings (SSSR count). The van der Waals surface area contributed by atoms with E-state index < -0.39 is 30.1 Å². The van der Waals surface area contributed by atoms with Gasteiger partial charge >= 0.3 is 20.2 Å². The number of rotatable bonds is 10. The third-order valence-corrected chi connectivity index (χ3v) is 7.49. The minimum absolute atomic E-state index is 0.0269. The van der Waals surface area contributed by atoms with Crippen molar-refractivity contribution in [3.63, 3.8) is 0 Å². The van der Waals surface area contributed by atoms with Crippen LogP contribution >= 0.6 is 0 Å². The molecule has 0 aliphatic rings. The highest BCUT2D eigenvalue weighted by Gasteiger charge is 2.19. The predicted octanol–water partition coefficient (Wildman–Crippen LogP) is 4.83. The first-order valence-electron chi connectivity index (χ1n) is 10.7. The molecule has 4 aromatic carbocycles. The molecular weight excluding hydrogens is 556 g/mol. The zero-order chi connectivity index (χ0) is 28.2. The van der Waals surface area contributed by atoms with Crippen LogP contribution in [0.3, 0.4) is 0 Å². The lowest BCUT2D eigenvalue weighted by atomic mass is 10.3. The van der Waals surface area contributed by atoms with E-state index in [1.165, 1.54) is 48.5 Å². The summed E-state index contributed by atoms with van der Waals surface area (Å²) in [5, 5.41) is 21.5. The fourth-order valence-electron chi connectivity index (χ4n) is 3.08. The lowest BCUT2D eigenvalue weighted by Crippen LogP contribution is -2.09. The first-order chi connectivity index (χ1) is 18.4. The van der Waals surface area contributed by atoms with Gasteiger partial charge < -0.3 is 13.1 Å². The fraction of sp³-hybridized carbons (Fsp3) is 0. The summed E-state index contributed by atoms with van der Waals surface area (Å²) < 4.78 is 65.4. The van der Waals surface area contributed by atoms with Crippen LogP contribution in [-0.4, -0.2) is 26.7 Å². The summed E-state index contributed by atoms with van der Waals surface area (Å²) in [7, 11) is -8.46. The minimum Gasteiger partial charge on any atom is -0.457 e. The van der Waals surface area contributed by atoms with Crippen molar-refractivity contribution in [2.45, 2.75) is 9.79 Å². The first-order valence-corrected chi connectivity index (χ1v) is 13.5. The van der Waals surface area contributed by atoms with Crippen LogP contribution in [-0.2, 0) is 20.2 Å². The maximum atomic E-state index is 12.4. The highest BCUT2D eigenvalue weighted by molar-refractivity contribution is 7.87. The molecule has 39 heavy (non-hydrogen) atoms. The smallest absolute Gasteiger partial charge is 0.339 e. The van der Waals surface area contributed by atoms with Gasteiger partial charge in [0.2, 0.25) is 0 Å². The zero-order valence-corrected chi connectivity index (χ0v) is 21.1. The van der Waals surface area contributed by atoms with Crippen molar-refractivity contribution in [2.24, 2.45) is 0 Å². The largest absolute Gasteiger partial charge is 0.457 e. The molecule has 15 heteroatoms. The monoisotopic (exact) mass is 572 g/mol. The van der Waals surface area contributed by atoms with Gasteiger partial charge in [0.15, 0.2) is 0 Å². The Kier molecular flexibility index (Phi) is 7.46. The van der Waals surface area contributed by atoms with Gasteiger partial charge in [0.1, 0.15) is 32.8 Å². The standard InChI is InChI=1S/C24H16N2O11S2/c27-25(28)17-1-13-23(14-2-17)38(31,32)36-21-9-5-19(6-10-21)35-20-7-11-22(12-8-20)37-39(33,34)24-15-3-18(4-16-24)26(29)30/h1-16H. The van der Waals surface area contributed by atoms with Gasteiger partial charge in [-0.3, -0.25) is 20.2 Å². The highest BCUT2D eigenvalue weighted by atomic mass is 32.2. The molecule has 0 N–H and O–H groups in total. The number of hydrogen-bond acceptors (Lipinski definition) is 11. The summed E-state index contributed by atoms with van der Waals surface area (Å²) in [4.78, 5) is 19.6. The van der Waals surface area contributed by atoms with Crippen LogP contribution in [0, 0.1) is 20.2 Å². The molecule has 0 atom stereocenters. The number of ether oxygens (including phenoxy) is 1. The average Bonchev–Trinajstić information content (AvgIpc) is 2.90. The number of nitro groups is 2. The van der Waals surface area contributed by atoms with Gasteiger partial charge in [0.25, 0.3) is 11.4 Å². The first kappa shape index (κ1) is 27.0. The molecule has 0 amide bonds. The summed E-state index contributed by atoms with van der Waals surface area (Å²) in [6.45, 7) is 0. The van der Waals surface area contributed by atoms with Gasteiger partial charge in [-0.1, -0.05) is 0 Å². The number of nitro benzene ring substituents is 2. The Hall–Kier alpha value is -5.02. The highest BCUT2D eigenvalue weighted by Crippen LogP contribution is 2.28. The molecule has 0 aliphatic carbocycles. The van der Waals surface area contributed by atoms with E-state index in [1.54, 1.807) is 0 Å². The summed E-state index contributed by atoms with van der Waals surface area (Å²) >= 11 is 0. The van der Waals surface area contributed by atoms with Crippen molar-refractivity contribution in [3.8, 4) is 23.0 Å². The number of hydrogen-bond donors (Lipinski definition) is 0. The molecular formula is C24H16N2O11S2. The Labute approximate surface area is 221 Å². The van der Waals surface area contributed by atoms with E-state index in [1.807, 2.05) is 0 Å². The van der Waals surface area contributed by atoms with Crippen molar-refractivity contribution in [1.29, 1.82) is 0 Å². The van der Waals surface area contributed by atoms with Gasteiger partial charge in [0.05, 0.1) is 9.85 Å². The number of nitrogens with zero attached hydrogens (tertiary/aromatic N) is 2. The van der Waals surface area contributed by atoms with Crippen LogP contribution in [0.4, 0.5) is 11.4 Å². The molecule has 4 aromatic rings. The maximum Gasteiger partial charge on any atom is 0.339 e. The lowest BCUT2D eigenvalue weighted by molar-refractivity contribution is -0.385. The molecule has 0 aromatic heterocycles. The lowest BCUT2D eigenvalue weighted by Gasteiger charge is -2.10. The van der Waals surface area contributed by atoms with Crippen LogP contribution in [0.1, 0.15) is 0 Å². The normalized spacial score (nSPS) is 11.4. The molecule has 0 radical (unpaired) electrons. The molecule has 0 bridgehead atoms. The van der Waals surface area contributed by atoms with Crippen molar-refractivity contribution in [3.05, 3.63) is 117 Å². The van der Waals surface area contributed by atoms with Gasteiger partial charge in [-0.2, -0.15) is 16.8 Å². The van der Waals surface area contributed by atoms with E-state index in [9.17, 15) is 37.1 Å². The summed E-state index contributed by atoms with van der Waals surface area (Å²) in [5.74, 6) is 0.561. The third kappa shape index (κ3) is 6.65. The average molecular weight is 573 g/mol. The van der Waals surface area contributed by atoms with E-state index in [0.29, 0.717) is 11.5 Å². The van der Waals surface area contributed by atoms with E-state index in [4.69, 9.17) is 13.1 Å². The van der Waals surface area contributed by atoms with Gasteiger partial charge in [-0.25, -0.2) is 0 Å². The molecule has 0 unspecified atom stereocenters. The van der Waals surface area contributed by atoms with E-state index in [2.05, 4.69) is 0 Å². The van der Waals surface area contributed by atoms with Crippen LogP contribution in [0.2, 0.25) is 0 Å². The molecule has 0 saturated heterocycles. The molecule has 0 aliphatic heterocycles. The Morgan fingerprint density at radius 1 is 0.462 bits per heavy atom. The van der Waals surface area contributed by atoms with E-state index in [-0.39, 0.29) is 32.7 Å². The minimum atomic E-state index is -4.23. The van der Waals surface area contributed by atoms with Gasteiger partial charge in [-0.15, -0.1) is 0 Å². The number of non-ortho nitro benzene ring substituents is 2. The maximum absolute atomic E-state index is 12.4. The van der Waals surface area contributed by atoms with E-state index in [0.717, 1.165) is 48.5 Å². The second-order valence-corrected chi connectivity index (χ2v) is 10.7. The number of benzene rings is 4. The van der Waals surface area contributed by atoms with Crippen molar-refractivity contribution >= 4 is 31.6 Å². The molecule has 0 heterocycles. The van der Waals surface area contributed by atoms with Crippen LogP contribution in [0.25, 0.3) is 0 Å². The Balaban J connectivity index is 1.38. The summed E-state index contributed by atoms with van der Waals surface area (Å²) in [6, 6.07) is 19.6. The second kappa shape index (κ2) is 10.8. The molecule has 0 spiro atoms. The second-order valence-electron chi connectivity index (χ2n) is 7.62. The Morgan fingerprint density at radius 2 is 0.744 bits per heavy atom. The van der Waals surface area contributed by atoms with Gasteiger partial charge in [0, 0.05) is 24.3 Å². The molecule has 200 valence electrons. The molecule has 0 fully saturated rings. The van der Waals surface area contributed by atoms with Crippen molar-refractivity contribution in [2.75, 3.05) is 0 Å². The summed E-state index contributed by atoms with van der Waals surface area (Å²) in [5.41, 5.74) is -0.526. The topological polar surface area (TPSA) is 182 Å². The Bertz CT molecular complexity index is 1590. The Morgan fingerprint density at radius 3 is 1.03 bits per heavy atom. The zero-order valence-electron chi connectivity index (χ0n) is 19.4. The van der Waals surface area contributed by atoms with Crippen molar-refractivity contribution in [1.82, 2.24) is 0 Å². The van der Waals surface area contributed by atoms with E-state index >= 15 is 0 Å². The molecule has 13 nitrogen and oxygen atoms in total. The molecule has 0 saturated carbocycles. The van der Waals surface area contributed by atoms with Crippen LogP contribution in [0.5, 0.6) is 23.0 Å². The predicted molar refractivity (Wildman–Crippen MR) is 135 cm³/mol. The quantitative estimate of drug-likeness (QED) is 0.144. The third-order valence-electron chi connectivity index (χ3n) is 4.97. The van der Waals surface area contributed by atoms with Crippen molar-refractivity contribution < 1.29 is 39.8 Å².